The van der Waals surface area contributed by atoms with Crippen LogP contribution in [0.2, 0.25) is 0 Å². The van der Waals surface area contributed by atoms with E-state index < -0.39 is 0 Å². The third-order valence-electron chi connectivity index (χ3n) is 2.55. The van der Waals surface area contributed by atoms with E-state index in [1.165, 1.54) is 0 Å². The van der Waals surface area contributed by atoms with Crippen molar-refractivity contribution in [1.29, 1.82) is 0 Å². The molecule has 1 saturated heterocycles. The minimum Gasteiger partial charge on any atom is -0.338 e. The predicted molar refractivity (Wildman–Crippen MR) is 65.6 cm³/mol. The van der Waals surface area contributed by atoms with Gasteiger partial charge >= 0.3 is 6.03 Å². The molecule has 1 atom stereocenters. The Balaban J connectivity index is 2.39. The van der Waals surface area contributed by atoms with E-state index in [1.807, 2.05) is 13.8 Å². The van der Waals surface area contributed by atoms with Crippen molar-refractivity contribution in [1.82, 2.24) is 15.1 Å². The number of carbonyl (C=O) groups excluding carboxylic acids is 2. The number of carbonyl (C=O) groups is 2. The van der Waals surface area contributed by atoms with Gasteiger partial charge in [-0.3, -0.25) is 4.79 Å². The molecular weight excluding hydrogens is 274 g/mol. The fourth-order valence-corrected chi connectivity index (χ4v) is 1.93. The van der Waals surface area contributed by atoms with E-state index >= 15 is 0 Å². The van der Waals surface area contributed by atoms with Crippen LogP contribution in [0.3, 0.4) is 0 Å². The van der Waals surface area contributed by atoms with Gasteiger partial charge < -0.3 is 15.1 Å². The monoisotopic (exact) mass is 291 g/mol. The van der Waals surface area contributed by atoms with E-state index in [0.29, 0.717) is 32.7 Å². The van der Waals surface area contributed by atoms with Crippen LogP contribution in [0.15, 0.2) is 0 Å². The molecule has 1 aliphatic rings. The molecule has 1 aliphatic heterocycles. The second-order valence-electron chi connectivity index (χ2n) is 3.76. The van der Waals surface area contributed by atoms with E-state index in [9.17, 15) is 9.59 Å². The average molecular weight is 292 g/mol. The van der Waals surface area contributed by atoms with Crippen LogP contribution in [0.4, 0.5) is 4.79 Å². The summed E-state index contributed by atoms with van der Waals surface area (Å²) in [5.41, 5.74) is 0. The Hall–Kier alpha value is -0.780. The lowest BCUT2D eigenvalue weighted by molar-refractivity contribution is -0.131. The van der Waals surface area contributed by atoms with Gasteiger partial charge in [-0.05, 0) is 13.8 Å². The lowest BCUT2D eigenvalue weighted by Crippen LogP contribution is -2.54. The molecule has 0 aromatic carbocycles. The first kappa shape index (κ1) is 13.3. The Morgan fingerprint density at radius 2 is 1.75 bits per heavy atom. The van der Waals surface area contributed by atoms with Crippen molar-refractivity contribution in [2.24, 2.45) is 0 Å². The van der Waals surface area contributed by atoms with Crippen LogP contribution < -0.4 is 5.32 Å². The van der Waals surface area contributed by atoms with Crippen LogP contribution in [0, 0.1) is 0 Å². The summed E-state index contributed by atoms with van der Waals surface area (Å²) >= 11 is 3.26. The summed E-state index contributed by atoms with van der Waals surface area (Å²) in [5, 5.41) is 2.76. The topological polar surface area (TPSA) is 52.7 Å². The van der Waals surface area contributed by atoms with Crippen LogP contribution in [0.1, 0.15) is 13.8 Å². The maximum absolute atomic E-state index is 11.7. The number of piperazine rings is 1. The van der Waals surface area contributed by atoms with Crippen molar-refractivity contribution in [3.63, 3.8) is 0 Å². The molecule has 5 nitrogen and oxygen atoms in total. The van der Waals surface area contributed by atoms with Gasteiger partial charge in [-0.25, -0.2) is 4.79 Å². The molecule has 0 saturated carbocycles. The van der Waals surface area contributed by atoms with Crippen molar-refractivity contribution < 1.29 is 9.59 Å². The van der Waals surface area contributed by atoms with Gasteiger partial charge in [-0.1, -0.05) is 15.9 Å². The van der Waals surface area contributed by atoms with Crippen molar-refractivity contribution in [2.75, 3.05) is 32.7 Å². The highest BCUT2D eigenvalue weighted by molar-refractivity contribution is 9.10. The minimum absolute atomic E-state index is 0.0403. The molecule has 92 valence electrons. The zero-order valence-electron chi connectivity index (χ0n) is 9.70. The summed E-state index contributed by atoms with van der Waals surface area (Å²) in [6.45, 7) is 6.80. The summed E-state index contributed by atoms with van der Waals surface area (Å²) < 4.78 is 0. The van der Waals surface area contributed by atoms with Gasteiger partial charge in [0.25, 0.3) is 0 Å². The number of nitrogens with one attached hydrogen (secondary N) is 1. The number of halogens is 1. The highest BCUT2D eigenvalue weighted by atomic mass is 79.9. The van der Waals surface area contributed by atoms with Gasteiger partial charge in [0, 0.05) is 32.7 Å². The summed E-state index contributed by atoms with van der Waals surface area (Å²) in [5.74, 6) is 0.0931. The number of amides is 3. The molecule has 0 aromatic rings. The van der Waals surface area contributed by atoms with Gasteiger partial charge in [-0.2, -0.15) is 0 Å². The molecule has 0 radical (unpaired) electrons. The molecular formula is C10H18BrN3O2. The normalized spacial score (nSPS) is 18.2. The third kappa shape index (κ3) is 3.37. The smallest absolute Gasteiger partial charge is 0.317 e. The number of hydrogen-bond donors (Lipinski definition) is 1. The SMILES string of the molecule is CCNC(=O)N1CCN(C(=O)C(C)Br)CC1. The molecule has 1 fully saturated rings. The lowest BCUT2D eigenvalue weighted by Gasteiger charge is -2.35. The van der Waals surface area contributed by atoms with Gasteiger partial charge in [0.2, 0.25) is 5.91 Å². The zero-order chi connectivity index (χ0) is 12.1. The van der Waals surface area contributed by atoms with E-state index in [0.717, 1.165) is 0 Å². The second-order valence-corrected chi connectivity index (χ2v) is 5.14. The number of nitrogens with zero attached hydrogens (tertiary/aromatic N) is 2. The fraction of sp³-hybridized carbons (Fsp3) is 0.800. The fourth-order valence-electron chi connectivity index (χ4n) is 1.64. The van der Waals surface area contributed by atoms with Gasteiger partial charge in [-0.15, -0.1) is 0 Å². The molecule has 16 heavy (non-hydrogen) atoms. The van der Waals surface area contributed by atoms with Gasteiger partial charge in [0.05, 0.1) is 4.83 Å². The summed E-state index contributed by atoms with van der Waals surface area (Å²) in [6.07, 6.45) is 0. The second kappa shape index (κ2) is 6.08. The van der Waals surface area contributed by atoms with E-state index in [2.05, 4.69) is 21.2 Å². The maximum Gasteiger partial charge on any atom is 0.317 e. The van der Waals surface area contributed by atoms with E-state index in [-0.39, 0.29) is 16.8 Å². The quantitative estimate of drug-likeness (QED) is 0.760. The largest absolute Gasteiger partial charge is 0.338 e. The first-order valence-corrected chi connectivity index (χ1v) is 6.43. The van der Waals surface area contributed by atoms with Crippen LogP contribution in [-0.4, -0.2) is 59.3 Å². The molecule has 1 rings (SSSR count). The van der Waals surface area contributed by atoms with Crippen LogP contribution in [0.25, 0.3) is 0 Å². The molecule has 0 aromatic heterocycles. The molecule has 1 unspecified atom stereocenters. The average Bonchev–Trinajstić information content (AvgIpc) is 2.28. The van der Waals surface area contributed by atoms with Crippen LogP contribution >= 0.6 is 15.9 Å². The Labute approximate surface area is 104 Å². The number of rotatable bonds is 2. The van der Waals surface area contributed by atoms with Crippen LogP contribution in [-0.2, 0) is 4.79 Å². The highest BCUT2D eigenvalue weighted by Crippen LogP contribution is 2.08. The molecule has 0 spiro atoms. The first-order chi connectivity index (χ1) is 7.56. The standard InChI is InChI=1S/C10H18BrN3O2/c1-3-12-10(16)14-6-4-13(5-7-14)9(15)8(2)11/h8H,3-7H2,1-2H3,(H,12,16). The molecule has 1 heterocycles. The van der Waals surface area contributed by atoms with Gasteiger partial charge in [0.1, 0.15) is 0 Å². The lowest BCUT2D eigenvalue weighted by atomic mass is 10.3. The Morgan fingerprint density at radius 1 is 1.25 bits per heavy atom. The summed E-state index contributed by atoms with van der Waals surface area (Å²) in [7, 11) is 0. The number of hydrogen-bond acceptors (Lipinski definition) is 2. The summed E-state index contributed by atoms with van der Waals surface area (Å²) in [6, 6.07) is -0.0403. The molecule has 0 aliphatic carbocycles. The summed E-state index contributed by atoms with van der Waals surface area (Å²) in [4.78, 5) is 26.6. The number of alkyl halides is 1. The van der Waals surface area contributed by atoms with Crippen molar-refractivity contribution in [3.05, 3.63) is 0 Å². The highest BCUT2D eigenvalue weighted by Gasteiger charge is 2.25. The Morgan fingerprint density at radius 3 is 2.19 bits per heavy atom. The first-order valence-electron chi connectivity index (χ1n) is 5.52. The third-order valence-corrected chi connectivity index (χ3v) is 2.94. The van der Waals surface area contributed by atoms with E-state index in [1.54, 1.807) is 9.80 Å². The van der Waals surface area contributed by atoms with Crippen molar-refractivity contribution >= 4 is 27.9 Å². The Kier molecular flexibility index (Phi) is 5.05. The van der Waals surface area contributed by atoms with Gasteiger partial charge in [0.15, 0.2) is 0 Å². The maximum atomic E-state index is 11.7. The molecule has 6 heteroatoms. The van der Waals surface area contributed by atoms with Crippen LogP contribution in [0.5, 0.6) is 0 Å². The number of urea groups is 1. The van der Waals surface area contributed by atoms with Crippen molar-refractivity contribution in [3.8, 4) is 0 Å². The molecule has 1 N–H and O–H groups in total. The minimum atomic E-state index is -0.150. The zero-order valence-corrected chi connectivity index (χ0v) is 11.3. The molecule has 0 bridgehead atoms. The Bertz CT molecular complexity index is 263. The molecule has 3 amide bonds. The predicted octanol–water partition coefficient (Wildman–Crippen LogP) is 0.644. The van der Waals surface area contributed by atoms with E-state index in [4.69, 9.17) is 0 Å². The van der Waals surface area contributed by atoms with Crippen molar-refractivity contribution in [2.45, 2.75) is 18.7 Å².